The van der Waals surface area contributed by atoms with Gasteiger partial charge in [-0.1, -0.05) is 0 Å². The predicted octanol–water partition coefficient (Wildman–Crippen LogP) is 3.82. The fourth-order valence-corrected chi connectivity index (χ4v) is 3.42. The van der Waals surface area contributed by atoms with E-state index in [0.717, 1.165) is 44.7 Å². The average molecular weight is 307 g/mol. The van der Waals surface area contributed by atoms with Crippen molar-refractivity contribution in [1.29, 1.82) is 0 Å². The van der Waals surface area contributed by atoms with Gasteiger partial charge < -0.3 is 4.74 Å². The highest BCUT2D eigenvalue weighted by atomic mass is 32.2. The van der Waals surface area contributed by atoms with Gasteiger partial charge >= 0.3 is 0 Å². The van der Waals surface area contributed by atoms with Gasteiger partial charge in [0.25, 0.3) is 0 Å². The summed E-state index contributed by atoms with van der Waals surface area (Å²) in [5.74, 6) is 2.41. The van der Waals surface area contributed by atoms with E-state index in [1.807, 2.05) is 42.7 Å². The molecule has 0 radical (unpaired) electrons. The van der Waals surface area contributed by atoms with Gasteiger partial charge in [-0.15, -0.1) is 11.8 Å². The molecule has 0 spiro atoms. The normalized spacial score (nSPS) is 12.4. The number of hydrogen-bond donors (Lipinski definition) is 0. The highest BCUT2D eigenvalue weighted by Gasteiger charge is 2.20. The van der Waals surface area contributed by atoms with Crippen molar-refractivity contribution in [3.8, 4) is 28.4 Å². The molecule has 22 heavy (non-hydrogen) atoms. The summed E-state index contributed by atoms with van der Waals surface area (Å²) in [6.07, 6.45) is 3.74. The summed E-state index contributed by atoms with van der Waals surface area (Å²) < 4.78 is 5.19. The van der Waals surface area contributed by atoms with Crippen LogP contribution < -0.4 is 4.74 Å². The molecule has 0 aliphatic carbocycles. The van der Waals surface area contributed by atoms with Crippen molar-refractivity contribution >= 4 is 11.8 Å². The van der Waals surface area contributed by atoms with Crippen molar-refractivity contribution in [2.45, 2.75) is 10.8 Å². The third kappa shape index (κ3) is 2.23. The molecular weight excluding hydrogens is 294 g/mol. The lowest BCUT2D eigenvalue weighted by Crippen LogP contribution is -2.03. The maximum atomic E-state index is 5.19. The van der Waals surface area contributed by atoms with Crippen LogP contribution >= 0.6 is 11.8 Å². The van der Waals surface area contributed by atoms with Gasteiger partial charge in [0.1, 0.15) is 10.8 Å². The lowest BCUT2D eigenvalue weighted by Gasteiger charge is -2.17. The molecule has 2 aromatic heterocycles. The number of hydrogen-bond acceptors (Lipinski definition) is 5. The number of aromatic nitrogens is 3. The molecule has 0 bridgehead atoms. The van der Waals surface area contributed by atoms with Gasteiger partial charge in [0, 0.05) is 34.8 Å². The van der Waals surface area contributed by atoms with E-state index in [9.17, 15) is 0 Å². The summed E-state index contributed by atoms with van der Waals surface area (Å²) in [5, 5.41) is 1.04. The lowest BCUT2D eigenvalue weighted by atomic mass is 10.1. The Hall–Kier alpha value is -2.40. The van der Waals surface area contributed by atoms with E-state index in [-0.39, 0.29) is 0 Å². The van der Waals surface area contributed by atoms with Gasteiger partial charge in [-0.3, -0.25) is 0 Å². The topological polar surface area (TPSA) is 47.9 Å². The Morgan fingerprint density at radius 2 is 1.95 bits per heavy atom. The zero-order valence-corrected chi connectivity index (χ0v) is 12.8. The molecule has 0 amide bonds. The Morgan fingerprint density at radius 3 is 2.77 bits per heavy atom. The zero-order chi connectivity index (χ0) is 14.9. The second-order valence-corrected chi connectivity index (χ2v) is 5.90. The van der Waals surface area contributed by atoms with Crippen LogP contribution in [0.1, 0.15) is 5.56 Å². The number of ether oxygens (including phenoxy) is 1. The summed E-state index contributed by atoms with van der Waals surface area (Å²) in [4.78, 5) is 13.7. The standard InChI is InChI=1S/C17H13N3OS/c1-21-13-6-4-11(5-7-13)16-19-9-12-10-22-17-14(15(12)20-16)3-2-8-18-17/h2-9H,10H2,1H3. The monoisotopic (exact) mass is 307 g/mol. The number of pyridine rings is 1. The second-order valence-electron chi connectivity index (χ2n) is 4.94. The minimum atomic E-state index is 0.725. The molecule has 0 saturated heterocycles. The SMILES string of the molecule is COc1ccc(-c2ncc3c(n2)-c2cccnc2SC3)cc1. The first kappa shape index (κ1) is 13.3. The van der Waals surface area contributed by atoms with Crippen LogP contribution in [-0.4, -0.2) is 22.1 Å². The first-order valence-corrected chi connectivity index (χ1v) is 7.92. The molecule has 5 heteroatoms. The summed E-state index contributed by atoms with van der Waals surface area (Å²) in [5.41, 5.74) is 4.21. The third-order valence-corrected chi connectivity index (χ3v) is 4.66. The van der Waals surface area contributed by atoms with Crippen molar-refractivity contribution in [1.82, 2.24) is 15.0 Å². The van der Waals surface area contributed by atoms with Crippen LogP contribution in [0.2, 0.25) is 0 Å². The smallest absolute Gasteiger partial charge is 0.159 e. The molecule has 108 valence electrons. The zero-order valence-electron chi connectivity index (χ0n) is 12.0. The van der Waals surface area contributed by atoms with Crippen LogP contribution in [0.15, 0.2) is 53.8 Å². The number of nitrogens with zero attached hydrogens (tertiary/aromatic N) is 3. The average Bonchev–Trinajstić information content (AvgIpc) is 2.61. The van der Waals surface area contributed by atoms with Crippen LogP contribution in [-0.2, 0) is 5.75 Å². The number of methoxy groups -OCH3 is 1. The van der Waals surface area contributed by atoms with E-state index in [0.29, 0.717) is 0 Å². The van der Waals surface area contributed by atoms with Gasteiger partial charge in [-0.05, 0) is 36.4 Å². The molecule has 0 saturated carbocycles. The molecule has 0 unspecified atom stereocenters. The lowest BCUT2D eigenvalue weighted by molar-refractivity contribution is 0.415. The van der Waals surface area contributed by atoms with Crippen LogP contribution in [0.3, 0.4) is 0 Å². The number of benzene rings is 1. The van der Waals surface area contributed by atoms with E-state index in [1.54, 1.807) is 18.9 Å². The highest BCUT2D eigenvalue weighted by molar-refractivity contribution is 7.98. The third-order valence-electron chi connectivity index (χ3n) is 3.60. The summed E-state index contributed by atoms with van der Waals surface area (Å²) in [6, 6.07) is 11.8. The Kier molecular flexibility index (Phi) is 3.27. The van der Waals surface area contributed by atoms with Gasteiger partial charge in [0.2, 0.25) is 0 Å². The predicted molar refractivity (Wildman–Crippen MR) is 86.8 cm³/mol. The highest BCUT2D eigenvalue weighted by Crippen LogP contribution is 2.39. The van der Waals surface area contributed by atoms with E-state index in [2.05, 4.69) is 16.0 Å². The van der Waals surface area contributed by atoms with Crippen molar-refractivity contribution in [2.75, 3.05) is 7.11 Å². The number of rotatable bonds is 2. The van der Waals surface area contributed by atoms with Crippen LogP contribution in [0.4, 0.5) is 0 Å². The van der Waals surface area contributed by atoms with Crippen LogP contribution in [0.25, 0.3) is 22.6 Å². The van der Waals surface area contributed by atoms with Crippen LogP contribution in [0, 0.1) is 0 Å². The quantitative estimate of drug-likeness (QED) is 0.720. The first-order valence-electron chi connectivity index (χ1n) is 6.93. The summed E-state index contributed by atoms with van der Waals surface area (Å²) in [6.45, 7) is 0. The number of fused-ring (bicyclic) bond motifs is 3. The molecule has 3 heterocycles. The Morgan fingerprint density at radius 1 is 1.09 bits per heavy atom. The molecule has 0 fully saturated rings. The largest absolute Gasteiger partial charge is 0.497 e. The molecule has 1 aromatic carbocycles. The molecule has 3 aromatic rings. The van der Waals surface area contributed by atoms with Crippen molar-refractivity contribution in [3.05, 3.63) is 54.4 Å². The molecule has 0 atom stereocenters. The van der Waals surface area contributed by atoms with E-state index in [1.165, 1.54) is 0 Å². The Balaban J connectivity index is 1.81. The van der Waals surface area contributed by atoms with E-state index >= 15 is 0 Å². The molecule has 0 N–H and O–H groups in total. The molecule has 4 rings (SSSR count). The van der Waals surface area contributed by atoms with Gasteiger partial charge in [-0.25, -0.2) is 15.0 Å². The Labute approximate surface area is 132 Å². The van der Waals surface area contributed by atoms with E-state index in [4.69, 9.17) is 9.72 Å². The maximum absolute atomic E-state index is 5.19. The maximum Gasteiger partial charge on any atom is 0.159 e. The second kappa shape index (κ2) is 5.42. The molecule has 1 aliphatic rings. The Bertz CT molecular complexity index is 834. The van der Waals surface area contributed by atoms with Crippen LogP contribution in [0.5, 0.6) is 5.75 Å². The van der Waals surface area contributed by atoms with Gasteiger partial charge in [0.15, 0.2) is 5.82 Å². The molecular formula is C17H13N3OS. The first-order chi connectivity index (χ1) is 10.8. The van der Waals surface area contributed by atoms with Gasteiger partial charge in [-0.2, -0.15) is 0 Å². The summed E-state index contributed by atoms with van der Waals surface area (Å²) in [7, 11) is 1.66. The van der Waals surface area contributed by atoms with Gasteiger partial charge in [0.05, 0.1) is 12.8 Å². The molecule has 4 nitrogen and oxygen atoms in total. The fraction of sp³-hybridized carbons (Fsp3) is 0.118. The van der Waals surface area contributed by atoms with E-state index < -0.39 is 0 Å². The van der Waals surface area contributed by atoms with Crippen molar-refractivity contribution in [2.24, 2.45) is 0 Å². The van der Waals surface area contributed by atoms with Crippen molar-refractivity contribution < 1.29 is 4.74 Å². The minimum Gasteiger partial charge on any atom is -0.497 e. The number of thioether (sulfide) groups is 1. The summed E-state index contributed by atoms with van der Waals surface area (Å²) >= 11 is 1.73. The minimum absolute atomic E-state index is 0.725. The fourth-order valence-electron chi connectivity index (χ4n) is 2.46. The molecule has 1 aliphatic heterocycles. The van der Waals surface area contributed by atoms with Crippen molar-refractivity contribution in [3.63, 3.8) is 0 Å².